The van der Waals surface area contributed by atoms with Crippen LogP contribution >= 0.6 is 0 Å². The minimum absolute atomic E-state index is 0.230. The smallest absolute Gasteiger partial charge is 0.122 e. The Hall–Kier alpha value is -1.02. The third-order valence-corrected chi connectivity index (χ3v) is 2.92. The molecule has 2 N–H and O–H groups in total. The second-order valence-corrected chi connectivity index (χ2v) is 4.51. The first-order chi connectivity index (χ1) is 7.65. The molecular weight excluding hydrogens is 198 g/mol. The zero-order valence-electron chi connectivity index (χ0n) is 10.6. The van der Waals surface area contributed by atoms with E-state index in [1.807, 2.05) is 18.2 Å². The van der Waals surface area contributed by atoms with E-state index in [9.17, 15) is 0 Å². The van der Waals surface area contributed by atoms with Gasteiger partial charge in [0.25, 0.3) is 0 Å². The van der Waals surface area contributed by atoms with E-state index in [2.05, 4.69) is 26.8 Å². The lowest BCUT2D eigenvalue weighted by atomic mass is 10.0. The standard InChI is InChI=1S/C14H23NO/c1-4-12-7-5-6-8-14(12)16-10-9-13(15)11(2)3/h5-8,11,13H,4,9-10,15H2,1-3H3. The van der Waals surface area contributed by atoms with Gasteiger partial charge in [-0.05, 0) is 30.4 Å². The molecule has 0 spiro atoms. The van der Waals surface area contributed by atoms with Crippen molar-refractivity contribution < 1.29 is 4.74 Å². The molecular formula is C14H23NO. The summed E-state index contributed by atoms with van der Waals surface area (Å²) in [6.45, 7) is 7.13. The van der Waals surface area contributed by atoms with Crippen LogP contribution in [0, 0.1) is 5.92 Å². The van der Waals surface area contributed by atoms with Crippen LogP contribution < -0.4 is 10.5 Å². The Morgan fingerprint density at radius 1 is 1.25 bits per heavy atom. The highest BCUT2D eigenvalue weighted by Crippen LogP contribution is 2.18. The molecule has 2 heteroatoms. The first kappa shape index (κ1) is 13.0. The van der Waals surface area contributed by atoms with Crippen molar-refractivity contribution in [2.24, 2.45) is 11.7 Å². The van der Waals surface area contributed by atoms with Crippen LogP contribution in [-0.2, 0) is 6.42 Å². The first-order valence-corrected chi connectivity index (χ1v) is 6.11. The topological polar surface area (TPSA) is 35.2 Å². The van der Waals surface area contributed by atoms with E-state index in [-0.39, 0.29) is 6.04 Å². The molecule has 1 rings (SSSR count). The van der Waals surface area contributed by atoms with Crippen molar-refractivity contribution in [2.75, 3.05) is 6.61 Å². The number of ether oxygens (including phenoxy) is 1. The Labute approximate surface area is 98.8 Å². The summed E-state index contributed by atoms with van der Waals surface area (Å²) in [4.78, 5) is 0. The maximum atomic E-state index is 5.97. The summed E-state index contributed by atoms with van der Waals surface area (Å²) in [7, 11) is 0. The van der Waals surface area contributed by atoms with Crippen molar-refractivity contribution >= 4 is 0 Å². The molecule has 0 radical (unpaired) electrons. The number of hydrogen-bond donors (Lipinski definition) is 1. The van der Waals surface area contributed by atoms with Crippen LogP contribution in [0.15, 0.2) is 24.3 Å². The molecule has 16 heavy (non-hydrogen) atoms. The second kappa shape index (κ2) is 6.54. The molecule has 0 fully saturated rings. The molecule has 0 aromatic heterocycles. The van der Waals surface area contributed by atoms with Crippen LogP contribution in [0.4, 0.5) is 0 Å². The fourth-order valence-corrected chi connectivity index (χ4v) is 1.58. The summed E-state index contributed by atoms with van der Waals surface area (Å²) in [5.41, 5.74) is 7.24. The molecule has 0 aliphatic heterocycles. The largest absolute Gasteiger partial charge is 0.493 e. The summed E-state index contributed by atoms with van der Waals surface area (Å²) >= 11 is 0. The highest BCUT2D eigenvalue weighted by Gasteiger charge is 2.08. The minimum Gasteiger partial charge on any atom is -0.493 e. The van der Waals surface area contributed by atoms with Gasteiger partial charge in [0.15, 0.2) is 0 Å². The van der Waals surface area contributed by atoms with Crippen molar-refractivity contribution in [3.8, 4) is 5.75 Å². The number of benzene rings is 1. The monoisotopic (exact) mass is 221 g/mol. The van der Waals surface area contributed by atoms with Crippen molar-refractivity contribution in [1.29, 1.82) is 0 Å². The summed E-state index contributed by atoms with van der Waals surface area (Å²) in [5, 5.41) is 0. The van der Waals surface area contributed by atoms with Crippen molar-refractivity contribution in [3.05, 3.63) is 29.8 Å². The second-order valence-electron chi connectivity index (χ2n) is 4.51. The lowest BCUT2D eigenvalue weighted by molar-refractivity contribution is 0.280. The van der Waals surface area contributed by atoms with Gasteiger partial charge in [-0.15, -0.1) is 0 Å². The molecule has 90 valence electrons. The van der Waals surface area contributed by atoms with Crippen LogP contribution in [0.1, 0.15) is 32.8 Å². The SMILES string of the molecule is CCc1ccccc1OCCC(N)C(C)C. The van der Waals surface area contributed by atoms with Gasteiger partial charge in [-0.2, -0.15) is 0 Å². The van der Waals surface area contributed by atoms with E-state index < -0.39 is 0 Å². The van der Waals surface area contributed by atoms with Crippen molar-refractivity contribution in [1.82, 2.24) is 0 Å². The predicted octanol–water partition coefficient (Wildman–Crippen LogP) is 3.00. The molecule has 1 atom stereocenters. The molecule has 0 aliphatic carbocycles. The maximum Gasteiger partial charge on any atom is 0.122 e. The molecule has 1 unspecified atom stereocenters. The van der Waals surface area contributed by atoms with Crippen LogP contribution in [0.25, 0.3) is 0 Å². The maximum absolute atomic E-state index is 5.97. The minimum atomic E-state index is 0.230. The third-order valence-electron chi connectivity index (χ3n) is 2.92. The van der Waals surface area contributed by atoms with E-state index >= 15 is 0 Å². The summed E-state index contributed by atoms with van der Waals surface area (Å²) in [6.07, 6.45) is 1.92. The van der Waals surface area contributed by atoms with E-state index in [4.69, 9.17) is 10.5 Å². The molecule has 1 aromatic rings. The summed E-state index contributed by atoms with van der Waals surface area (Å²) < 4.78 is 5.77. The Bertz CT molecular complexity index is 309. The highest BCUT2D eigenvalue weighted by molar-refractivity contribution is 5.33. The molecule has 0 saturated carbocycles. The zero-order chi connectivity index (χ0) is 12.0. The van der Waals surface area contributed by atoms with Gasteiger partial charge >= 0.3 is 0 Å². The van der Waals surface area contributed by atoms with Gasteiger partial charge in [0, 0.05) is 6.04 Å². The Balaban J connectivity index is 2.42. The average Bonchev–Trinajstić information content (AvgIpc) is 2.29. The molecule has 0 heterocycles. The predicted molar refractivity (Wildman–Crippen MR) is 68.7 cm³/mol. The van der Waals surface area contributed by atoms with Crippen LogP contribution in [-0.4, -0.2) is 12.6 Å². The lowest BCUT2D eigenvalue weighted by Gasteiger charge is -2.16. The quantitative estimate of drug-likeness (QED) is 0.801. The number of hydrogen-bond acceptors (Lipinski definition) is 2. The summed E-state index contributed by atoms with van der Waals surface area (Å²) in [5.74, 6) is 1.52. The fraction of sp³-hybridized carbons (Fsp3) is 0.571. The highest BCUT2D eigenvalue weighted by atomic mass is 16.5. The number of para-hydroxylation sites is 1. The van der Waals surface area contributed by atoms with Crippen molar-refractivity contribution in [2.45, 2.75) is 39.7 Å². The molecule has 1 aromatic carbocycles. The molecule has 2 nitrogen and oxygen atoms in total. The van der Waals surface area contributed by atoms with E-state index in [0.29, 0.717) is 12.5 Å². The van der Waals surface area contributed by atoms with E-state index in [1.165, 1.54) is 5.56 Å². The van der Waals surface area contributed by atoms with Crippen LogP contribution in [0.3, 0.4) is 0 Å². The van der Waals surface area contributed by atoms with E-state index in [0.717, 1.165) is 18.6 Å². The van der Waals surface area contributed by atoms with Gasteiger partial charge < -0.3 is 10.5 Å². The van der Waals surface area contributed by atoms with Gasteiger partial charge in [-0.3, -0.25) is 0 Å². The van der Waals surface area contributed by atoms with Gasteiger partial charge in [0.1, 0.15) is 5.75 Å². The van der Waals surface area contributed by atoms with Gasteiger partial charge in [0.2, 0.25) is 0 Å². The molecule has 0 aliphatic rings. The van der Waals surface area contributed by atoms with Gasteiger partial charge in [-0.1, -0.05) is 39.0 Å². The number of aryl methyl sites for hydroxylation is 1. The van der Waals surface area contributed by atoms with Crippen LogP contribution in [0.2, 0.25) is 0 Å². The molecule has 0 bridgehead atoms. The Morgan fingerprint density at radius 2 is 1.94 bits per heavy atom. The van der Waals surface area contributed by atoms with Crippen LogP contribution in [0.5, 0.6) is 5.75 Å². The number of rotatable bonds is 6. The fourth-order valence-electron chi connectivity index (χ4n) is 1.58. The van der Waals surface area contributed by atoms with Gasteiger partial charge in [-0.25, -0.2) is 0 Å². The van der Waals surface area contributed by atoms with E-state index in [1.54, 1.807) is 0 Å². The molecule has 0 amide bonds. The summed E-state index contributed by atoms with van der Waals surface area (Å²) in [6, 6.07) is 8.42. The molecule has 0 saturated heterocycles. The third kappa shape index (κ3) is 3.86. The Kier molecular flexibility index (Phi) is 5.33. The Morgan fingerprint density at radius 3 is 2.56 bits per heavy atom. The lowest BCUT2D eigenvalue weighted by Crippen LogP contribution is -2.28. The van der Waals surface area contributed by atoms with Gasteiger partial charge in [0.05, 0.1) is 6.61 Å². The zero-order valence-corrected chi connectivity index (χ0v) is 10.6. The normalized spacial score (nSPS) is 12.8. The first-order valence-electron chi connectivity index (χ1n) is 6.11. The average molecular weight is 221 g/mol. The number of nitrogens with two attached hydrogens (primary N) is 1. The van der Waals surface area contributed by atoms with Crippen molar-refractivity contribution in [3.63, 3.8) is 0 Å².